The van der Waals surface area contributed by atoms with Crippen LogP contribution in [-0.4, -0.2) is 23.0 Å². The Kier molecular flexibility index (Phi) is 6.00. The highest BCUT2D eigenvalue weighted by Crippen LogP contribution is 2.20. The van der Waals surface area contributed by atoms with E-state index in [1.54, 1.807) is 25.1 Å². The van der Waals surface area contributed by atoms with Crippen LogP contribution < -0.4 is 5.32 Å². The zero-order chi connectivity index (χ0) is 14.6. The van der Waals surface area contributed by atoms with Gasteiger partial charge in [0.25, 0.3) is 5.91 Å². The second kappa shape index (κ2) is 7.05. The predicted molar refractivity (Wildman–Crippen MR) is 80.2 cm³/mol. The Balaban J connectivity index is 2.90. The molecule has 0 aromatic heterocycles. The van der Waals surface area contributed by atoms with Crippen molar-refractivity contribution < 1.29 is 14.7 Å². The van der Waals surface area contributed by atoms with E-state index in [0.717, 1.165) is 8.95 Å². The number of halogens is 2. The first-order chi connectivity index (χ1) is 8.85. The van der Waals surface area contributed by atoms with Crippen LogP contribution in [0.25, 0.3) is 0 Å². The normalized spacial score (nSPS) is 13.7. The third-order valence-electron chi connectivity index (χ3n) is 2.89. The van der Waals surface area contributed by atoms with E-state index in [0.29, 0.717) is 12.0 Å². The van der Waals surface area contributed by atoms with Crippen LogP contribution in [-0.2, 0) is 4.79 Å². The van der Waals surface area contributed by atoms with Crippen LogP contribution in [0.4, 0.5) is 0 Å². The SMILES string of the molecule is CC[C@@H](C)[C@H](NC(=O)c1cc(Br)cc(Br)c1)C(=O)O. The lowest BCUT2D eigenvalue weighted by atomic mass is 9.99. The first-order valence-corrected chi connectivity index (χ1v) is 7.43. The van der Waals surface area contributed by atoms with Gasteiger partial charge in [-0.1, -0.05) is 52.1 Å². The van der Waals surface area contributed by atoms with Gasteiger partial charge in [0.1, 0.15) is 6.04 Å². The molecule has 1 amide bonds. The van der Waals surface area contributed by atoms with E-state index >= 15 is 0 Å². The number of nitrogens with one attached hydrogen (secondary N) is 1. The zero-order valence-corrected chi connectivity index (χ0v) is 13.8. The van der Waals surface area contributed by atoms with Gasteiger partial charge >= 0.3 is 5.97 Å². The smallest absolute Gasteiger partial charge is 0.326 e. The predicted octanol–water partition coefficient (Wildman–Crippen LogP) is 3.44. The van der Waals surface area contributed by atoms with Crippen LogP contribution in [0.1, 0.15) is 30.6 Å². The van der Waals surface area contributed by atoms with E-state index in [-0.39, 0.29) is 5.92 Å². The Hall–Kier alpha value is -0.880. The van der Waals surface area contributed by atoms with Gasteiger partial charge in [0, 0.05) is 14.5 Å². The number of rotatable bonds is 5. The van der Waals surface area contributed by atoms with Gasteiger partial charge < -0.3 is 10.4 Å². The summed E-state index contributed by atoms with van der Waals surface area (Å²) in [5.74, 6) is -1.54. The number of carbonyl (C=O) groups excluding carboxylic acids is 1. The molecule has 0 unspecified atom stereocenters. The van der Waals surface area contributed by atoms with E-state index in [1.165, 1.54) is 0 Å². The van der Waals surface area contributed by atoms with E-state index in [1.807, 2.05) is 6.92 Å². The molecule has 2 N–H and O–H groups in total. The topological polar surface area (TPSA) is 66.4 Å². The lowest BCUT2D eigenvalue weighted by molar-refractivity contribution is -0.140. The average Bonchev–Trinajstić information content (AvgIpc) is 2.33. The number of hydrogen-bond acceptors (Lipinski definition) is 2. The number of aliphatic carboxylic acids is 1. The standard InChI is InChI=1S/C13H15Br2NO3/c1-3-7(2)11(13(18)19)16-12(17)8-4-9(14)6-10(15)5-8/h4-7,11H,3H2,1-2H3,(H,16,17)(H,18,19)/t7-,11+/m1/s1. The van der Waals surface area contributed by atoms with Crippen molar-refractivity contribution in [3.05, 3.63) is 32.7 Å². The lowest BCUT2D eigenvalue weighted by Gasteiger charge is -2.20. The first-order valence-electron chi connectivity index (χ1n) is 5.85. The highest BCUT2D eigenvalue weighted by Gasteiger charge is 2.25. The molecule has 0 spiro atoms. The third kappa shape index (κ3) is 4.62. The van der Waals surface area contributed by atoms with Gasteiger partial charge in [0.2, 0.25) is 0 Å². The first kappa shape index (κ1) is 16.2. The minimum absolute atomic E-state index is 0.128. The Labute approximate surface area is 128 Å². The number of carboxylic acids is 1. The van der Waals surface area contributed by atoms with Crippen molar-refractivity contribution >= 4 is 43.7 Å². The van der Waals surface area contributed by atoms with Gasteiger partial charge in [-0.05, 0) is 24.1 Å². The summed E-state index contributed by atoms with van der Waals surface area (Å²) in [4.78, 5) is 23.2. The molecule has 0 saturated heterocycles. The summed E-state index contributed by atoms with van der Waals surface area (Å²) in [6.45, 7) is 3.69. The highest BCUT2D eigenvalue weighted by molar-refractivity contribution is 9.11. The Morgan fingerprint density at radius 2 is 1.79 bits per heavy atom. The molecule has 0 aliphatic carbocycles. The Morgan fingerprint density at radius 3 is 2.21 bits per heavy atom. The van der Waals surface area contributed by atoms with Crippen LogP contribution in [0, 0.1) is 5.92 Å². The minimum atomic E-state index is -1.02. The molecule has 0 aliphatic rings. The molecule has 0 fully saturated rings. The molecule has 0 bridgehead atoms. The quantitative estimate of drug-likeness (QED) is 0.806. The van der Waals surface area contributed by atoms with Gasteiger partial charge in [0.05, 0.1) is 0 Å². The van der Waals surface area contributed by atoms with E-state index in [4.69, 9.17) is 5.11 Å². The molecule has 0 aliphatic heterocycles. The average molecular weight is 393 g/mol. The molecule has 1 rings (SSSR count). The Morgan fingerprint density at radius 1 is 1.26 bits per heavy atom. The summed E-state index contributed by atoms with van der Waals surface area (Å²) < 4.78 is 1.50. The fourth-order valence-electron chi connectivity index (χ4n) is 1.59. The molecule has 2 atom stereocenters. The molecule has 0 saturated carbocycles. The lowest BCUT2D eigenvalue weighted by Crippen LogP contribution is -2.45. The van der Waals surface area contributed by atoms with Crippen molar-refractivity contribution in [2.24, 2.45) is 5.92 Å². The maximum atomic E-state index is 12.1. The maximum Gasteiger partial charge on any atom is 0.326 e. The molecule has 4 nitrogen and oxygen atoms in total. The number of amides is 1. The summed E-state index contributed by atoms with van der Waals surface area (Å²) in [6.07, 6.45) is 0.680. The van der Waals surface area contributed by atoms with Gasteiger partial charge in [-0.2, -0.15) is 0 Å². The fraction of sp³-hybridized carbons (Fsp3) is 0.385. The van der Waals surface area contributed by atoms with Crippen LogP contribution in [0.3, 0.4) is 0 Å². The van der Waals surface area contributed by atoms with Crippen LogP contribution >= 0.6 is 31.9 Å². The van der Waals surface area contributed by atoms with Crippen molar-refractivity contribution in [2.45, 2.75) is 26.3 Å². The van der Waals surface area contributed by atoms with Crippen LogP contribution in [0.2, 0.25) is 0 Å². The zero-order valence-electron chi connectivity index (χ0n) is 10.6. The molecule has 0 radical (unpaired) electrons. The molecular weight excluding hydrogens is 378 g/mol. The molecule has 1 aromatic carbocycles. The van der Waals surface area contributed by atoms with Gasteiger partial charge in [-0.15, -0.1) is 0 Å². The third-order valence-corrected chi connectivity index (χ3v) is 3.81. The second-order valence-corrected chi connectivity index (χ2v) is 6.16. The van der Waals surface area contributed by atoms with Crippen molar-refractivity contribution in [3.63, 3.8) is 0 Å². The van der Waals surface area contributed by atoms with Gasteiger partial charge in [-0.25, -0.2) is 4.79 Å². The summed E-state index contributed by atoms with van der Waals surface area (Å²) in [7, 11) is 0. The van der Waals surface area contributed by atoms with Crippen LogP contribution in [0.15, 0.2) is 27.1 Å². The summed E-state index contributed by atoms with van der Waals surface area (Å²) in [6, 6.07) is 4.22. The van der Waals surface area contributed by atoms with Crippen molar-refractivity contribution in [1.29, 1.82) is 0 Å². The van der Waals surface area contributed by atoms with E-state index in [9.17, 15) is 9.59 Å². The molecule has 0 heterocycles. The number of benzene rings is 1. The summed E-state index contributed by atoms with van der Waals surface area (Å²) in [5.41, 5.74) is 0.413. The molecular formula is C13H15Br2NO3. The number of hydrogen-bond donors (Lipinski definition) is 2. The van der Waals surface area contributed by atoms with E-state index < -0.39 is 17.9 Å². The van der Waals surface area contributed by atoms with E-state index in [2.05, 4.69) is 37.2 Å². The minimum Gasteiger partial charge on any atom is -0.480 e. The summed E-state index contributed by atoms with van der Waals surface area (Å²) >= 11 is 6.59. The van der Waals surface area contributed by atoms with Crippen molar-refractivity contribution in [3.8, 4) is 0 Å². The number of carboxylic acid groups (broad SMARTS) is 1. The molecule has 6 heteroatoms. The monoisotopic (exact) mass is 391 g/mol. The van der Waals surface area contributed by atoms with Crippen LogP contribution in [0.5, 0.6) is 0 Å². The molecule has 19 heavy (non-hydrogen) atoms. The van der Waals surface area contributed by atoms with Gasteiger partial charge in [-0.3, -0.25) is 4.79 Å². The molecule has 104 valence electrons. The highest BCUT2D eigenvalue weighted by atomic mass is 79.9. The number of carbonyl (C=O) groups is 2. The second-order valence-electron chi connectivity index (χ2n) is 4.33. The van der Waals surface area contributed by atoms with Crippen molar-refractivity contribution in [2.75, 3.05) is 0 Å². The summed E-state index contributed by atoms with van der Waals surface area (Å²) in [5, 5.41) is 11.7. The fourth-order valence-corrected chi connectivity index (χ4v) is 2.89. The Bertz CT molecular complexity index is 471. The molecule has 1 aromatic rings. The largest absolute Gasteiger partial charge is 0.480 e. The van der Waals surface area contributed by atoms with Crippen molar-refractivity contribution in [1.82, 2.24) is 5.32 Å². The van der Waals surface area contributed by atoms with Gasteiger partial charge in [0.15, 0.2) is 0 Å². The maximum absolute atomic E-state index is 12.1.